The highest BCUT2D eigenvalue weighted by Crippen LogP contribution is 2.05. The summed E-state index contributed by atoms with van der Waals surface area (Å²) in [6.45, 7) is 0.609. The quantitative estimate of drug-likeness (QED) is 0.205. The Hall–Kier alpha value is -4.70. The summed E-state index contributed by atoms with van der Waals surface area (Å²) in [5, 5.41) is 0. The van der Waals surface area contributed by atoms with E-state index in [-0.39, 0.29) is 11.9 Å². The lowest BCUT2D eigenvalue weighted by molar-refractivity contribution is -0.139. The summed E-state index contributed by atoms with van der Waals surface area (Å²) in [4.78, 5) is 23.0. The number of carbonyl (C=O) groups excluding carboxylic acids is 2. The summed E-state index contributed by atoms with van der Waals surface area (Å²) >= 11 is 0. The van der Waals surface area contributed by atoms with Gasteiger partial charge in [-0.25, -0.2) is 9.59 Å². The molecule has 4 heteroatoms. The van der Waals surface area contributed by atoms with Crippen LogP contribution in [0.4, 0.5) is 0 Å². The van der Waals surface area contributed by atoms with Crippen molar-refractivity contribution in [1.82, 2.24) is 0 Å². The SMILES string of the molecule is O=C(C=Cc1ccccc1)OCc1ccccc1.O=C(C=Cc1ccccc1)OCc1ccccc1. The third-order valence-corrected chi connectivity index (χ3v) is 4.87. The molecule has 180 valence electrons. The van der Waals surface area contributed by atoms with E-state index in [0.29, 0.717) is 13.2 Å². The second kappa shape index (κ2) is 15.3. The molecule has 0 N–H and O–H groups in total. The lowest BCUT2D eigenvalue weighted by Gasteiger charge is -2.01. The van der Waals surface area contributed by atoms with Crippen LogP contribution in [0.3, 0.4) is 0 Å². The molecule has 36 heavy (non-hydrogen) atoms. The minimum Gasteiger partial charge on any atom is -0.458 e. The van der Waals surface area contributed by atoms with Crippen LogP contribution in [-0.2, 0) is 32.3 Å². The van der Waals surface area contributed by atoms with Gasteiger partial charge in [0, 0.05) is 12.2 Å². The molecule has 0 aromatic heterocycles. The van der Waals surface area contributed by atoms with Crippen LogP contribution in [0.25, 0.3) is 12.2 Å². The highest BCUT2D eigenvalue weighted by molar-refractivity contribution is 5.87. The predicted molar refractivity (Wildman–Crippen MR) is 143 cm³/mol. The number of rotatable bonds is 8. The summed E-state index contributed by atoms with van der Waals surface area (Å²) in [5.74, 6) is -0.662. The number of benzene rings is 4. The number of ether oxygens (including phenoxy) is 2. The molecule has 0 aliphatic heterocycles. The van der Waals surface area contributed by atoms with Crippen LogP contribution in [-0.4, -0.2) is 11.9 Å². The summed E-state index contributed by atoms with van der Waals surface area (Å²) in [7, 11) is 0. The van der Waals surface area contributed by atoms with E-state index in [4.69, 9.17) is 9.47 Å². The summed E-state index contributed by atoms with van der Waals surface area (Å²) < 4.78 is 10.2. The van der Waals surface area contributed by atoms with Gasteiger partial charge < -0.3 is 9.47 Å². The first-order chi connectivity index (χ1) is 17.7. The highest BCUT2D eigenvalue weighted by atomic mass is 16.5. The molecule has 0 saturated carbocycles. The second-order valence-corrected chi connectivity index (χ2v) is 7.67. The van der Waals surface area contributed by atoms with E-state index in [9.17, 15) is 9.59 Å². The third-order valence-electron chi connectivity index (χ3n) is 4.87. The first-order valence-electron chi connectivity index (χ1n) is 11.6. The van der Waals surface area contributed by atoms with Gasteiger partial charge in [-0.3, -0.25) is 0 Å². The number of hydrogen-bond donors (Lipinski definition) is 0. The smallest absolute Gasteiger partial charge is 0.331 e. The van der Waals surface area contributed by atoms with Gasteiger partial charge in [0.05, 0.1) is 0 Å². The minimum atomic E-state index is -0.331. The number of hydrogen-bond acceptors (Lipinski definition) is 4. The van der Waals surface area contributed by atoms with Crippen molar-refractivity contribution in [3.8, 4) is 0 Å². The van der Waals surface area contributed by atoms with Crippen molar-refractivity contribution < 1.29 is 19.1 Å². The molecule has 0 radical (unpaired) electrons. The number of esters is 2. The van der Waals surface area contributed by atoms with Crippen molar-refractivity contribution in [2.45, 2.75) is 13.2 Å². The van der Waals surface area contributed by atoms with Gasteiger partial charge in [-0.2, -0.15) is 0 Å². The standard InChI is InChI=1S/2C16H14O2/c2*17-16(12-11-14-7-3-1-4-8-14)18-13-15-9-5-2-6-10-15/h2*1-12H,13H2. The largest absolute Gasteiger partial charge is 0.458 e. The Morgan fingerprint density at radius 1 is 0.472 bits per heavy atom. The highest BCUT2D eigenvalue weighted by Gasteiger charge is 1.99. The zero-order valence-corrected chi connectivity index (χ0v) is 19.9. The zero-order chi connectivity index (χ0) is 25.3. The molecule has 0 fully saturated rings. The van der Waals surface area contributed by atoms with Gasteiger partial charge in [0.25, 0.3) is 0 Å². The van der Waals surface area contributed by atoms with Crippen LogP contribution in [0.1, 0.15) is 22.3 Å². The van der Waals surface area contributed by atoms with E-state index in [1.54, 1.807) is 12.2 Å². The third kappa shape index (κ3) is 10.5. The first kappa shape index (κ1) is 25.9. The first-order valence-corrected chi connectivity index (χ1v) is 11.6. The molecular weight excluding hydrogens is 448 g/mol. The second-order valence-electron chi connectivity index (χ2n) is 7.67. The van der Waals surface area contributed by atoms with Crippen molar-refractivity contribution in [3.05, 3.63) is 156 Å². The lowest BCUT2D eigenvalue weighted by atomic mass is 10.2. The molecule has 0 heterocycles. The Morgan fingerprint density at radius 3 is 1.11 bits per heavy atom. The van der Waals surface area contributed by atoms with Crippen molar-refractivity contribution >= 4 is 24.1 Å². The molecule has 0 aliphatic carbocycles. The maximum absolute atomic E-state index is 11.5. The topological polar surface area (TPSA) is 52.6 Å². The molecule has 0 unspecified atom stereocenters. The Labute approximate surface area is 212 Å². The molecule has 0 aliphatic rings. The van der Waals surface area contributed by atoms with Crippen LogP contribution in [0.15, 0.2) is 133 Å². The fraction of sp³-hybridized carbons (Fsp3) is 0.0625. The Morgan fingerprint density at radius 2 is 0.778 bits per heavy atom. The fourth-order valence-electron chi connectivity index (χ4n) is 3.01. The molecule has 0 amide bonds. The van der Waals surface area contributed by atoms with Gasteiger partial charge in [-0.05, 0) is 34.4 Å². The molecule has 0 atom stereocenters. The molecule has 4 aromatic rings. The van der Waals surface area contributed by atoms with Gasteiger partial charge >= 0.3 is 11.9 Å². The van der Waals surface area contributed by atoms with E-state index in [1.165, 1.54) is 12.2 Å². The molecule has 4 nitrogen and oxygen atoms in total. The van der Waals surface area contributed by atoms with Gasteiger partial charge in [0.1, 0.15) is 13.2 Å². The van der Waals surface area contributed by atoms with Gasteiger partial charge in [0.15, 0.2) is 0 Å². The molecule has 4 rings (SSSR count). The average Bonchev–Trinajstić information content (AvgIpc) is 2.95. The predicted octanol–water partition coefficient (Wildman–Crippen LogP) is 6.89. The van der Waals surface area contributed by atoms with Crippen LogP contribution in [0.5, 0.6) is 0 Å². The average molecular weight is 477 g/mol. The van der Waals surface area contributed by atoms with Gasteiger partial charge in [0.2, 0.25) is 0 Å². The molecule has 4 aromatic carbocycles. The number of carbonyl (C=O) groups is 2. The maximum atomic E-state index is 11.5. The van der Waals surface area contributed by atoms with E-state index in [0.717, 1.165) is 22.3 Å². The normalized spacial score (nSPS) is 10.4. The van der Waals surface area contributed by atoms with Crippen LogP contribution in [0.2, 0.25) is 0 Å². The van der Waals surface area contributed by atoms with E-state index < -0.39 is 0 Å². The van der Waals surface area contributed by atoms with E-state index in [2.05, 4.69) is 0 Å². The van der Waals surface area contributed by atoms with Crippen molar-refractivity contribution in [2.24, 2.45) is 0 Å². The zero-order valence-electron chi connectivity index (χ0n) is 19.9. The summed E-state index contributed by atoms with van der Waals surface area (Å²) in [5.41, 5.74) is 3.93. The van der Waals surface area contributed by atoms with E-state index >= 15 is 0 Å². The van der Waals surface area contributed by atoms with Gasteiger partial charge in [-0.1, -0.05) is 121 Å². The Kier molecular flexibility index (Phi) is 11.0. The van der Waals surface area contributed by atoms with Crippen LogP contribution >= 0.6 is 0 Å². The summed E-state index contributed by atoms with van der Waals surface area (Å²) in [6.07, 6.45) is 6.37. The molecule has 0 bridgehead atoms. The van der Waals surface area contributed by atoms with Gasteiger partial charge in [-0.15, -0.1) is 0 Å². The van der Waals surface area contributed by atoms with Crippen molar-refractivity contribution in [3.63, 3.8) is 0 Å². The lowest BCUT2D eigenvalue weighted by Crippen LogP contribution is -2.00. The maximum Gasteiger partial charge on any atom is 0.331 e. The minimum absolute atomic E-state index is 0.304. The fourth-order valence-corrected chi connectivity index (χ4v) is 3.01. The van der Waals surface area contributed by atoms with Crippen molar-refractivity contribution in [2.75, 3.05) is 0 Å². The van der Waals surface area contributed by atoms with E-state index in [1.807, 2.05) is 121 Å². The monoisotopic (exact) mass is 476 g/mol. The molecular formula is C32H28O4. The van der Waals surface area contributed by atoms with Crippen LogP contribution < -0.4 is 0 Å². The Balaban J connectivity index is 0.000000201. The Bertz CT molecular complexity index is 1130. The molecule has 0 spiro atoms. The summed E-state index contributed by atoms with van der Waals surface area (Å²) in [6, 6.07) is 38.5. The van der Waals surface area contributed by atoms with Crippen LogP contribution in [0, 0.1) is 0 Å². The molecule has 0 saturated heterocycles. The van der Waals surface area contributed by atoms with Crippen molar-refractivity contribution in [1.29, 1.82) is 0 Å².